The second-order valence-corrected chi connectivity index (χ2v) is 9.86. The maximum absolute atomic E-state index is 12.8. The number of thiocarbonyl (C=S) groups is 1. The van der Waals surface area contributed by atoms with Crippen molar-refractivity contribution in [1.29, 1.82) is 0 Å². The van der Waals surface area contributed by atoms with E-state index in [9.17, 15) is 19.5 Å². The summed E-state index contributed by atoms with van der Waals surface area (Å²) >= 11 is 6.32. The van der Waals surface area contributed by atoms with Crippen LogP contribution >= 0.6 is 23.6 Å². The van der Waals surface area contributed by atoms with Crippen LogP contribution in [0.15, 0.2) is 17.8 Å². The van der Waals surface area contributed by atoms with Crippen molar-refractivity contribution in [3.63, 3.8) is 0 Å². The molecule has 1 aromatic rings. The number of carbonyl (C=O) groups is 3. The molecule has 2 aliphatic heterocycles. The Bertz CT molecular complexity index is 943. The molecule has 8 nitrogen and oxygen atoms in total. The fourth-order valence-corrected chi connectivity index (χ4v) is 4.64. The van der Waals surface area contributed by atoms with Crippen molar-refractivity contribution in [3.05, 3.63) is 27.6 Å². The van der Waals surface area contributed by atoms with Crippen LogP contribution < -0.4 is 5.73 Å². The maximum Gasteiger partial charge on any atom is 0.358 e. The van der Waals surface area contributed by atoms with Crippen molar-refractivity contribution in [1.82, 2.24) is 4.90 Å². The van der Waals surface area contributed by atoms with E-state index in [-0.39, 0.29) is 22.6 Å². The molecule has 1 amide bonds. The van der Waals surface area contributed by atoms with Gasteiger partial charge in [-0.2, -0.15) is 0 Å². The minimum Gasteiger partial charge on any atom is -0.427 e. The molecule has 3 heterocycles. The van der Waals surface area contributed by atoms with Crippen LogP contribution in [0.2, 0.25) is 0 Å². The summed E-state index contributed by atoms with van der Waals surface area (Å²) in [5.41, 5.74) is 5.68. The third-order valence-electron chi connectivity index (χ3n) is 5.06. The summed E-state index contributed by atoms with van der Waals surface area (Å²) in [6.45, 7) is 6.05. The first-order chi connectivity index (χ1) is 13.9. The Morgan fingerprint density at radius 1 is 1.37 bits per heavy atom. The molecule has 2 aliphatic rings. The first kappa shape index (κ1) is 22.4. The van der Waals surface area contributed by atoms with Crippen LogP contribution in [0.4, 0.5) is 0 Å². The predicted molar refractivity (Wildman–Crippen MR) is 114 cm³/mol. The number of nitrogens with two attached hydrogens (primary N) is 1. The van der Waals surface area contributed by atoms with Crippen LogP contribution in [-0.2, 0) is 23.9 Å². The summed E-state index contributed by atoms with van der Waals surface area (Å²) in [4.78, 5) is 40.3. The molecule has 1 aromatic heterocycles. The van der Waals surface area contributed by atoms with Crippen molar-refractivity contribution < 1.29 is 29.0 Å². The van der Waals surface area contributed by atoms with Crippen LogP contribution in [0, 0.1) is 11.3 Å². The van der Waals surface area contributed by atoms with Gasteiger partial charge in [-0.1, -0.05) is 12.2 Å². The topological polar surface area (TPSA) is 119 Å². The molecule has 2 unspecified atom stereocenters. The van der Waals surface area contributed by atoms with E-state index in [0.29, 0.717) is 16.9 Å². The molecule has 0 aromatic carbocycles. The number of hydrogen-bond acceptors (Lipinski definition) is 8. The molecule has 0 saturated carbocycles. The Labute approximate surface area is 183 Å². The van der Waals surface area contributed by atoms with Crippen molar-refractivity contribution in [2.75, 3.05) is 6.79 Å². The fraction of sp³-hybridized carbons (Fsp3) is 0.500. The molecule has 0 aliphatic carbocycles. The lowest BCUT2D eigenvalue weighted by Crippen LogP contribution is -2.61. The van der Waals surface area contributed by atoms with Gasteiger partial charge < -0.3 is 25.2 Å². The highest BCUT2D eigenvalue weighted by molar-refractivity contribution is 7.81. The molecule has 3 rings (SSSR count). The van der Waals surface area contributed by atoms with Crippen molar-refractivity contribution in [2.45, 2.75) is 46.3 Å². The minimum atomic E-state index is -0.835. The second kappa shape index (κ2) is 8.09. The lowest BCUT2D eigenvalue weighted by molar-refractivity contribution is -0.175. The monoisotopic (exact) mass is 452 g/mol. The molecule has 0 spiro atoms. The third kappa shape index (κ3) is 3.99. The fourth-order valence-electron chi connectivity index (χ4n) is 3.53. The van der Waals surface area contributed by atoms with Gasteiger partial charge in [-0.25, -0.2) is 4.79 Å². The first-order valence-corrected chi connectivity index (χ1v) is 10.6. The van der Waals surface area contributed by atoms with Gasteiger partial charge in [-0.15, -0.1) is 11.3 Å². The summed E-state index contributed by atoms with van der Waals surface area (Å²) in [5, 5.41) is 9.96. The lowest BCUT2D eigenvalue weighted by atomic mass is 9.83. The summed E-state index contributed by atoms with van der Waals surface area (Å²) in [6, 6.07) is 3.21. The van der Waals surface area contributed by atoms with Gasteiger partial charge in [0.2, 0.25) is 12.7 Å². The van der Waals surface area contributed by atoms with Gasteiger partial charge in [-0.05, 0) is 46.2 Å². The zero-order valence-electron chi connectivity index (χ0n) is 17.1. The molecule has 10 heteroatoms. The van der Waals surface area contributed by atoms with Crippen molar-refractivity contribution in [2.24, 2.45) is 17.1 Å². The molecule has 1 fully saturated rings. The highest BCUT2D eigenvalue weighted by Gasteiger charge is 2.57. The Morgan fingerprint density at radius 2 is 2.03 bits per heavy atom. The molecule has 0 bridgehead atoms. The highest BCUT2D eigenvalue weighted by Crippen LogP contribution is 2.48. The molecular weight excluding hydrogens is 428 g/mol. The number of esters is 2. The van der Waals surface area contributed by atoms with Crippen LogP contribution in [-0.4, -0.2) is 51.8 Å². The van der Waals surface area contributed by atoms with E-state index >= 15 is 0 Å². The number of nitrogens with zero attached hydrogens (tertiary/aromatic N) is 1. The molecule has 3 N–H and O–H groups in total. The first-order valence-electron chi connectivity index (χ1n) is 9.42. The van der Waals surface area contributed by atoms with Crippen LogP contribution in [0.25, 0.3) is 5.57 Å². The Morgan fingerprint density at radius 3 is 2.57 bits per heavy atom. The molecular formula is C20H24N2O6S2. The number of fused-ring (bicyclic) bond motifs is 1. The zero-order chi connectivity index (χ0) is 22.4. The van der Waals surface area contributed by atoms with E-state index in [2.05, 4.69) is 0 Å². The van der Waals surface area contributed by atoms with Gasteiger partial charge in [0.15, 0.2) is 0 Å². The van der Waals surface area contributed by atoms with E-state index in [1.165, 1.54) is 16.2 Å². The van der Waals surface area contributed by atoms with E-state index in [1.54, 1.807) is 39.8 Å². The average Bonchev–Trinajstić information content (AvgIpc) is 3.23. The number of β-lactam (4-membered cyclic amide) rings is 1. The van der Waals surface area contributed by atoms with Gasteiger partial charge in [0.1, 0.15) is 10.7 Å². The van der Waals surface area contributed by atoms with Crippen LogP contribution in [0.3, 0.4) is 0 Å². The summed E-state index contributed by atoms with van der Waals surface area (Å²) in [5.74, 6) is -2.20. The second-order valence-electron chi connectivity index (χ2n) is 8.33. The normalized spacial score (nSPS) is 21.8. The SMILES string of the molecule is C[C@@H](O)C1C(=O)N2C(C(=O)OCOC(=O)C(C)(C)C)=C(c3ccc(C(N)=S)s3)CC12. The zero-order valence-corrected chi connectivity index (χ0v) is 18.8. The van der Waals surface area contributed by atoms with Gasteiger partial charge in [0.25, 0.3) is 0 Å². The average molecular weight is 453 g/mol. The minimum absolute atomic E-state index is 0.102. The summed E-state index contributed by atoms with van der Waals surface area (Å²) in [6.07, 6.45) is -0.441. The summed E-state index contributed by atoms with van der Waals surface area (Å²) in [7, 11) is 0. The number of aliphatic hydroxyl groups excluding tert-OH is 1. The van der Waals surface area contributed by atoms with E-state index in [0.717, 1.165) is 4.88 Å². The molecule has 30 heavy (non-hydrogen) atoms. The number of hydrogen-bond donors (Lipinski definition) is 2. The quantitative estimate of drug-likeness (QED) is 0.290. The Kier molecular flexibility index (Phi) is 6.03. The van der Waals surface area contributed by atoms with Crippen molar-refractivity contribution in [3.8, 4) is 0 Å². The van der Waals surface area contributed by atoms with Gasteiger partial charge in [0, 0.05) is 10.5 Å². The van der Waals surface area contributed by atoms with E-state index in [1.807, 2.05) is 0 Å². The molecule has 0 radical (unpaired) electrons. The largest absolute Gasteiger partial charge is 0.427 e. The highest BCUT2D eigenvalue weighted by atomic mass is 32.1. The molecule has 162 valence electrons. The predicted octanol–water partition coefficient (Wildman–Crippen LogP) is 1.79. The smallest absolute Gasteiger partial charge is 0.358 e. The van der Waals surface area contributed by atoms with Gasteiger partial charge >= 0.3 is 11.9 Å². The molecule has 1 saturated heterocycles. The third-order valence-corrected chi connectivity index (χ3v) is 6.59. The van der Waals surface area contributed by atoms with Gasteiger partial charge in [0.05, 0.1) is 28.4 Å². The number of aliphatic hydroxyl groups is 1. The van der Waals surface area contributed by atoms with E-state index < -0.39 is 36.2 Å². The van der Waals surface area contributed by atoms with Gasteiger partial charge in [-0.3, -0.25) is 9.59 Å². The number of rotatable bonds is 6. The van der Waals surface area contributed by atoms with Crippen LogP contribution in [0.1, 0.15) is 43.9 Å². The number of thiophene rings is 1. The Hall–Kier alpha value is -2.30. The standard InChI is InChI=1S/C20H24N2O6S2/c1-9(23)14-11-7-10(12-5-6-13(30-12)16(21)29)15(22(11)17(14)24)18(25)27-8-28-19(26)20(2,3)4/h5-6,9,11,14,23H,7-8H2,1-4H3,(H2,21,29)/t9-,11?,14?/m1/s1. The molecule has 3 atom stereocenters. The van der Waals surface area contributed by atoms with Crippen molar-refractivity contribution >= 4 is 52.0 Å². The van der Waals surface area contributed by atoms with Crippen LogP contribution in [0.5, 0.6) is 0 Å². The number of carbonyl (C=O) groups excluding carboxylic acids is 3. The number of amides is 1. The maximum atomic E-state index is 12.8. The number of ether oxygens (including phenoxy) is 2. The van der Waals surface area contributed by atoms with E-state index in [4.69, 9.17) is 27.4 Å². The lowest BCUT2D eigenvalue weighted by Gasteiger charge is -2.44. The summed E-state index contributed by atoms with van der Waals surface area (Å²) < 4.78 is 10.2. The Balaban J connectivity index is 1.85.